The predicted octanol–water partition coefficient (Wildman–Crippen LogP) is 1.07. The van der Waals surface area contributed by atoms with Crippen molar-refractivity contribution in [2.24, 2.45) is 0 Å². The fourth-order valence-corrected chi connectivity index (χ4v) is 5.49. The molecule has 1 aromatic carbocycles. The number of rotatable bonds is 8. The van der Waals surface area contributed by atoms with E-state index in [1.807, 2.05) is 0 Å². The normalized spacial score (nSPS) is 16.0. The molecule has 1 heterocycles. The van der Waals surface area contributed by atoms with Gasteiger partial charge in [-0.25, -0.2) is 13.4 Å². The topological polar surface area (TPSA) is 115 Å². The molecule has 1 fully saturated rings. The van der Waals surface area contributed by atoms with Crippen molar-refractivity contribution < 1.29 is 21.6 Å². The monoisotopic (exact) mass is 443 g/mol. The van der Waals surface area contributed by atoms with Gasteiger partial charge in [0.1, 0.15) is 12.1 Å². The van der Waals surface area contributed by atoms with E-state index in [9.17, 15) is 16.8 Å². The van der Waals surface area contributed by atoms with E-state index in [-0.39, 0.29) is 12.6 Å². The number of benzene rings is 1. The molecule has 0 saturated heterocycles. The first-order chi connectivity index (χ1) is 13.7. The molecule has 0 bridgehead atoms. The molecule has 1 saturated carbocycles. The van der Waals surface area contributed by atoms with Crippen LogP contribution in [-0.4, -0.2) is 66.9 Å². The van der Waals surface area contributed by atoms with E-state index in [1.165, 1.54) is 18.4 Å². The van der Waals surface area contributed by atoms with Gasteiger partial charge in [-0.3, -0.25) is 0 Å². The summed E-state index contributed by atoms with van der Waals surface area (Å²) in [7, 11) is -3.81. The molecule has 1 aromatic heterocycles. The summed E-state index contributed by atoms with van der Waals surface area (Å²) in [6, 6.07) is 6.97. The van der Waals surface area contributed by atoms with E-state index >= 15 is 0 Å². The molecule has 0 atom stereocenters. The van der Waals surface area contributed by atoms with Gasteiger partial charge in [-0.1, -0.05) is 25.0 Å². The van der Waals surface area contributed by atoms with Crippen molar-refractivity contribution in [3.8, 4) is 5.75 Å². The van der Waals surface area contributed by atoms with Gasteiger partial charge in [-0.2, -0.15) is 17.0 Å². The highest BCUT2D eigenvalue weighted by Gasteiger charge is 2.36. The van der Waals surface area contributed by atoms with Gasteiger partial charge in [0.2, 0.25) is 0 Å². The summed E-state index contributed by atoms with van der Waals surface area (Å²) in [6.07, 6.45) is 4.27. The van der Waals surface area contributed by atoms with Crippen molar-refractivity contribution in [1.82, 2.24) is 22.8 Å². The van der Waals surface area contributed by atoms with Crippen LogP contribution in [0.15, 0.2) is 35.7 Å². The molecule has 12 heteroatoms. The zero-order chi connectivity index (χ0) is 21.2. The van der Waals surface area contributed by atoms with Gasteiger partial charge in [-0.05, 0) is 30.5 Å². The molecule has 0 aliphatic heterocycles. The Bertz CT molecular complexity index is 1040. The van der Waals surface area contributed by atoms with Crippen LogP contribution in [0.5, 0.6) is 5.75 Å². The minimum Gasteiger partial charge on any atom is -0.497 e. The predicted molar refractivity (Wildman–Crippen MR) is 106 cm³/mol. The third-order valence-electron chi connectivity index (χ3n) is 4.92. The van der Waals surface area contributed by atoms with Gasteiger partial charge >= 0.3 is 10.2 Å². The van der Waals surface area contributed by atoms with Crippen molar-refractivity contribution in [3.63, 3.8) is 0 Å². The maximum Gasteiger partial charge on any atom is 0.323 e. The lowest BCUT2D eigenvalue weighted by Crippen LogP contribution is -2.39. The second-order valence-electron chi connectivity index (χ2n) is 7.03. The Kier molecular flexibility index (Phi) is 6.27. The van der Waals surface area contributed by atoms with Crippen LogP contribution in [0, 0.1) is 0 Å². The van der Waals surface area contributed by atoms with Crippen LogP contribution in [0.25, 0.3) is 0 Å². The summed E-state index contributed by atoms with van der Waals surface area (Å²) in [5, 5.41) is 3.24. The first-order valence-electron chi connectivity index (χ1n) is 9.15. The van der Waals surface area contributed by atoms with Gasteiger partial charge in [0, 0.05) is 26.7 Å². The highest BCUT2D eigenvalue weighted by molar-refractivity contribution is 7.89. The molecule has 1 aliphatic carbocycles. The van der Waals surface area contributed by atoms with Crippen molar-refractivity contribution in [2.75, 3.05) is 21.2 Å². The van der Waals surface area contributed by atoms with Gasteiger partial charge < -0.3 is 4.74 Å². The zero-order valence-corrected chi connectivity index (χ0v) is 18.2. The molecular formula is C17H25N5O5S2. The fraction of sp³-hybridized carbons (Fsp3) is 0.529. The largest absolute Gasteiger partial charge is 0.497 e. The zero-order valence-electron chi connectivity index (χ0n) is 16.6. The molecule has 1 aliphatic rings. The molecule has 3 rings (SSSR count). The third-order valence-corrected chi connectivity index (χ3v) is 8.18. The molecule has 160 valence electrons. The molecule has 29 heavy (non-hydrogen) atoms. The second kappa shape index (κ2) is 8.38. The standard InChI is InChI=1S/C17H25N5O5S2/c1-20(2)29(25,26)22-13-18-17(19-22)28(23,24)21(15-6-4-5-7-15)12-14-8-10-16(27-3)11-9-14/h8-11,13,15H,4-7,12H2,1-3H3. The number of sulfonamides is 1. The highest BCUT2D eigenvalue weighted by atomic mass is 32.2. The maximum absolute atomic E-state index is 13.3. The van der Waals surface area contributed by atoms with Crippen molar-refractivity contribution >= 4 is 20.2 Å². The van der Waals surface area contributed by atoms with Gasteiger partial charge in [-0.15, -0.1) is 9.19 Å². The SMILES string of the molecule is COc1ccc(CN(C2CCCC2)S(=O)(=O)c2ncn(S(=O)(=O)N(C)C)n2)cc1. The maximum atomic E-state index is 13.3. The Labute approximate surface area is 171 Å². The Balaban J connectivity index is 1.95. The van der Waals surface area contributed by atoms with Crippen LogP contribution < -0.4 is 4.74 Å². The van der Waals surface area contributed by atoms with Crippen LogP contribution in [0.1, 0.15) is 31.2 Å². The Hall–Kier alpha value is -2.02. The van der Waals surface area contributed by atoms with Gasteiger partial charge in [0.15, 0.2) is 0 Å². The number of methoxy groups -OCH3 is 1. The number of hydrogen-bond acceptors (Lipinski definition) is 7. The lowest BCUT2D eigenvalue weighted by molar-refractivity contribution is 0.313. The quantitative estimate of drug-likeness (QED) is 0.599. The summed E-state index contributed by atoms with van der Waals surface area (Å²) in [6.45, 7) is 0.145. The Morgan fingerprint density at radius 3 is 2.28 bits per heavy atom. The van der Waals surface area contributed by atoms with E-state index in [0.717, 1.165) is 41.9 Å². The number of nitrogens with zero attached hydrogens (tertiary/aromatic N) is 5. The summed E-state index contributed by atoms with van der Waals surface area (Å²) >= 11 is 0. The molecule has 2 aromatic rings. The first kappa shape index (κ1) is 21.7. The summed E-state index contributed by atoms with van der Waals surface area (Å²) in [5.41, 5.74) is 0.793. The first-order valence-corrected chi connectivity index (χ1v) is 12.0. The van der Waals surface area contributed by atoms with Gasteiger partial charge in [0.05, 0.1) is 7.11 Å². The molecule has 0 spiro atoms. The van der Waals surface area contributed by atoms with Crippen molar-refractivity contribution in [1.29, 1.82) is 0 Å². The lowest BCUT2D eigenvalue weighted by atomic mass is 10.2. The molecule has 0 N–H and O–H groups in total. The minimum absolute atomic E-state index is 0.145. The summed E-state index contributed by atoms with van der Waals surface area (Å²) in [4.78, 5) is 3.79. The average Bonchev–Trinajstić information content (AvgIpc) is 3.38. The van der Waals surface area contributed by atoms with Crippen molar-refractivity contribution in [3.05, 3.63) is 36.2 Å². The van der Waals surface area contributed by atoms with E-state index in [4.69, 9.17) is 4.74 Å². The van der Waals surface area contributed by atoms with Crippen LogP contribution in [0.4, 0.5) is 0 Å². The van der Waals surface area contributed by atoms with Crippen LogP contribution in [0.3, 0.4) is 0 Å². The molecule has 0 amide bonds. The Morgan fingerprint density at radius 1 is 1.10 bits per heavy atom. The summed E-state index contributed by atoms with van der Waals surface area (Å²) in [5.74, 6) is 0.679. The Morgan fingerprint density at radius 2 is 1.72 bits per heavy atom. The fourth-order valence-electron chi connectivity index (χ4n) is 3.25. The minimum atomic E-state index is -4.09. The van der Waals surface area contributed by atoms with Crippen LogP contribution in [0.2, 0.25) is 0 Å². The number of aromatic nitrogens is 3. The van der Waals surface area contributed by atoms with E-state index in [2.05, 4.69) is 10.1 Å². The highest BCUT2D eigenvalue weighted by Crippen LogP contribution is 2.29. The van der Waals surface area contributed by atoms with Crippen LogP contribution >= 0.6 is 0 Å². The number of hydrogen-bond donors (Lipinski definition) is 0. The molecule has 0 radical (unpaired) electrons. The molecular weight excluding hydrogens is 418 g/mol. The van der Waals surface area contributed by atoms with Crippen LogP contribution in [-0.2, 0) is 26.8 Å². The van der Waals surface area contributed by atoms with E-state index in [1.54, 1.807) is 31.4 Å². The smallest absolute Gasteiger partial charge is 0.323 e. The molecule has 10 nitrogen and oxygen atoms in total. The van der Waals surface area contributed by atoms with Crippen molar-refractivity contribution in [2.45, 2.75) is 43.4 Å². The number of ether oxygens (including phenoxy) is 1. The third kappa shape index (κ3) is 4.44. The van der Waals surface area contributed by atoms with E-state index < -0.39 is 25.4 Å². The van der Waals surface area contributed by atoms with E-state index in [0.29, 0.717) is 9.84 Å². The van der Waals surface area contributed by atoms with Gasteiger partial charge in [0.25, 0.3) is 15.2 Å². The molecule has 0 unspecified atom stereocenters. The summed E-state index contributed by atoms with van der Waals surface area (Å²) < 4.78 is 59.1. The lowest BCUT2D eigenvalue weighted by Gasteiger charge is -2.26. The average molecular weight is 444 g/mol. The second-order valence-corrected chi connectivity index (χ2v) is 10.8.